The predicted octanol–water partition coefficient (Wildman–Crippen LogP) is 10.1. The van der Waals surface area contributed by atoms with Crippen LogP contribution in [0.3, 0.4) is 0 Å². The minimum atomic E-state index is -0.515. The predicted molar refractivity (Wildman–Crippen MR) is 168 cm³/mol. The molecule has 0 spiro atoms. The number of unbranched alkanes of at least 4 members (excludes halogenated alkanes) is 7. The number of ether oxygens (including phenoxy) is 3. The highest BCUT2D eigenvalue weighted by Crippen LogP contribution is 2.35. The van der Waals surface area contributed by atoms with E-state index in [-0.39, 0.29) is 5.75 Å². The quantitative estimate of drug-likeness (QED) is 0.0876. The Morgan fingerprint density at radius 1 is 0.800 bits per heavy atom. The van der Waals surface area contributed by atoms with E-state index in [1.165, 1.54) is 49.7 Å². The summed E-state index contributed by atoms with van der Waals surface area (Å²) >= 11 is 0. The van der Waals surface area contributed by atoms with Crippen molar-refractivity contribution >= 4 is 11.0 Å². The van der Waals surface area contributed by atoms with E-state index in [9.17, 15) is 4.79 Å². The molecule has 2 aromatic rings. The lowest BCUT2D eigenvalue weighted by Crippen LogP contribution is -2.12. The van der Waals surface area contributed by atoms with Crippen LogP contribution in [0, 0.1) is 0 Å². The Morgan fingerprint density at radius 2 is 1.52 bits per heavy atom. The Labute approximate surface area is 242 Å². The molecule has 0 atom stereocenters. The van der Waals surface area contributed by atoms with Crippen molar-refractivity contribution in [3.8, 4) is 17.2 Å². The smallest absolute Gasteiger partial charge is 0.383 e. The van der Waals surface area contributed by atoms with E-state index in [4.69, 9.17) is 18.6 Å². The molecule has 1 heterocycles. The van der Waals surface area contributed by atoms with Crippen LogP contribution in [0.15, 0.2) is 62.9 Å². The van der Waals surface area contributed by atoms with Gasteiger partial charge in [-0.1, -0.05) is 88.2 Å². The maximum Gasteiger partial charge on any atom is 0.383 e. The van der Waals surface area contributed by atoms with Gasteiger partial charge in [-0.2, -0.15) is 0 Å². The zero-order valence-electron chi connectivity index (χ0n) is 25.7. The van der Waals surface area contributed by atoms with E-state index in [0.29, 0.717) is 42.3 Å². The molecule has 0 radical (unpaired) electrons. The molecule has 0 aliphatic heterocycles. The first kappa shape index (κ1) is 33.3. The normalized spacial score (nSPS) is 11.8. The molecule has 1 aromatic heterocycles. The summed E-state index contributed by atoms with van der Waals surface area (Å²) in [5.41, 5.74) is 2.55. The standard InChI is InChI=1S/C35H52O5/c1-6-8-10-12-13-14-15-17-25-39-34-33(38-24-16-11-9-7-2)31-22-21-30(27-32(31)40-35(34)36)37-26-23-29(5)20-18-19-28(3)4/h9,11,19,21-23,27H,6-8,10,12-18,20,24-26H2,1-5H3/b11-9?,29-23+. The van der Waals surface area contributed by atoms with Crippen molar-refractivity contribution in [2.24, 2.45) is 0 Å². The van der Waals surface area contributed by atoms with Crippen LogP contribution < -0.4 is 19.8 Å². The number of benzene rings is 1. The molecule has 0 saturated heterocycles. The van der Waals surface area contributed by atoms with Crippen molar-refractivity contribution in [3.63, 3.8) is 0 Å². The third-order valence-electron chi connectivity index (χ3n) is 6.74. The van der Waals surface area contributed by atoms with Crippen LogP contribution in [0.1, 0.15) is 112 Å². The van der Waals surface area contributed by atoms with Crippen molar-refractivity contribution < 1.29 is 18.6 Å². The molecule has 0 amide bonds. The number of rotatable bonds is 21. The maximum atomic E-state index is 13.0. The Hall–Kier alpha value is -2.95. The van der Waals surface area contributed by atoms with Crippen LogP contribution in [0.5, 0.6) is 17.2 Å². The lowest BCUT2D eigenvalue weighted by molar-refractivity contribution is 0.256. The molecule has 2 rings (SSSR count). The zero-order valence-corrected chi connectivity index (χ0v) is 25.7. The first-order valence-electron chi connectivity index (χ1n) is 15.4. The van der Waals surface area contributed by atoms with Gasteiger partial charge in [0.1, 0.15) is 17.9 Å². The highest BCUT2D eigenvalue weighted by molar-refractivity contribution is 5.86. The molecule has 0 aliphatic carbocycles. The molecule has 0 N–H and O–H groups in total. The molecule has 0 saturated carbocycles. The van der Waals surface area contributed by atoms with Crippen LogP contribution in [-0.4, -0.2) is 19.8 Å². The van der Waals surface area contributed by atoms with E-state index in [2.05, 4.69) is 58.9 Å². The molecular weight excluding hydrogens is 500 g/mol. The average molecular weight is 553 g/mol. The Morgan fingerprint density at radius 3 is 2.25 bits per heavy atom. The second-order valence-corrected chi connectivity index (χ2v) is 10.7. The van der Waals surface area contributed by atoms with Crippen molar-refractivity contribution in [3.05, 3.63) is 64.1 Å². The summed E-state index contributed by atoms with van der Waals surface area (Å²) in [7, 11) is 0. The lowest BCUT2D eigenvalue weighted by atomic mass is 10.1. The van der Waals surface area contributed by atoms with Crippen LogP contribution in [0.2, 0.25) is 0 Å². The summed E-state index contributed by atoms with van der Waals surface area (Å²) in [6.07, 6.45) is 22.0. The number of fused-ring (bicyclic) bond motifs is 1. The van der Waals surface area contributed by atoms with Gasteiger partial charge in [0.2, 0.25) is 5.75 Å². The number of hydrogen-bond acceptors (Lipinski definition) is 5. The largest absolute Gasteiger partial charge is 0.489 e. The highest BCUT2D eigenvalue weighted by atomic mass is 16.5. The first-order valence-corrected chi connectivity index (χ1v) is 15.4. The molecule has 0 aliphatic rings. The van der Waals surface area contributed by atoms with Crippen LogP contribution in [0.25, 0.3) is 11.0 Å². The van der Waals surface area contributed by atoms with Gasteiger partial charge in [0.05, 0.1) is 18.6 Å². The van der Waals surface area contributed by atoms with Crippen LogP contribution in [-0.2, 0) is 0 Å². The minimum Gasteiger partial charge on any atom is -0.489 e. The molecule has 40 heavy (non-hydrogen) atoms. The van der Waals surface area contributed by atoms with E-state index in [0.717, 1.165) is 38.5 Å². The van der Waals surface area contributed by atoms with Crippen molar-refractivity contribution in [2.45, 2.75) is 112 Å². The molecule has 0 bridgehead atoms. The van der Waals surface area contributed by atoms with E-state index >= 15 is 0 Å². The number of allylic oxidation sites excluding steroid dienone is 4. The zero-order chi connectivity index (χ0) is 29.0. The second kappa shape index (κ2) is 20.0. The molecule has 5 heteroatoms. The van der Waals surface area contributed by atoms with Gasteiger partial charge in [0, 0.05) is 6.07 Å². The van der Waals surface area contributed by atoms with Crippen molar-refractivity contribution in [1.29, 1.82) is 0 Å². The second-order valence-electron chi connectivity index (χ2n) is 10.7. The summed E-state index contributed by atoms with van der Waals surface area (Å²) in [4.78, 5) is 13.0. The van der Waals surface area contributed by atoms with E-state index < -0.39 is 5.63 Å². The van der Waals surface area contributed by atoms with Crippen LogP contribution in [0.4, 0.5) is 0 Å². The SMILES string of the molecule is CCC=CCCOc1c(OCCCCCCCCCC)c(=O)oc2cc(OC/C=C(\C)CCC=C(C)C)ccc12. The maximum absolute atomic E-state index is 13.0. The number of hydrogen-bond donors (Lipinski definition) is 0. The molecule has 0 unspecified atom stereocenters. The van der Waals surface area contributed by atoms with Crippen LogP contribution >= 0.6 is 0 Å². The molecule has 1 aromatic carbocycles. The van der Waals surface area contributed by atoms with Gasteiger partial charge in [0.15, 0.2) is 5.75 Å². The minimum absolute atomic E-state index is 0.165. The summed E-state index contributed by atoms with van der Waals surface area (Å²) < 4.78 is 23.7. The van der Waals surface area contributed by atoms with Gasteiger partial charge in [-0.3, -0.25) is 0 Å². The Bertz CT molecular complexity index is 1130. The summed E-state index contributed by atoms with van der Waals surface area (Å²) in [6.45, 7) is 12.1. The fourth-order valence-electron chi connectivity index (χ4n) is 4.39. The van der Waals surface area contributed by atoms with Gasteiger partial charge in [-0.15, -0.1) is 0 Å². The lowest BCUT2D eigenvalue weighted by Gasteiger charge is -2.14. The summed E-state index contributed by atoms with van der Waals surface area (Å²) in [5, 5.41) is 0.714. The fraction of sp³-hybridized carbons (Fsp3) is 0.571. The summed E-state index contributed by atoms with van der Waals surface area (Å²) in [6, 6.07) is 5.54. The molecular formula is C35H52O5. The van der Waals surface area contributed by atoms with Gasteiger partial charge >= 0.3 is 5.63 Å². The average Bonchev–Trinajstić information content (AvgIpc) is 2.92. The topological polar surface area (TPSA) is 57.9 Å². The third-order valence-corrected chi connectivity index (χ3v) is 6.74. The highest BCUT2D eigenvalue weighted by Gasteiger charge is 2.18. The molecule has 5 nitrogen and oxygen atoms in total. The van der Waals surface area contributed by atoms with Gasteiger partial charge < -0.3 is 18.6 Å². The van der Waals surface area contributed by atoms with Crippen molar-refractivity contribution in [1.82, 2.24) is 0 Å². The van der Waals surface area contributed by atoms with Gasteiger partial charge in [0.25, 0.3) is 0 Å². The molecule has 222 valence electrons. The Balaban J connectivity index is 2.07. The van der Waals surface area contributed by atoms with Crippen molar-refractivity contribution in [2.75, 3.05) is 19.8 Å². The van der Waals surface area contributed by atoms with E-state index in [1.54, 1.807) is 6.07 Å². The monoisotopic (exact) mass is 552 g/mol. The first-order chi connectivity index (χ1) is 19.5. The van der Waals surface area contributed by atoms with E-state index in [1.807, 2.05) is 12.1 Å². The summed E-state index contributed by atoms with van der Waals surface area (Å²) in [5.74, 6) is 1.27. The molecule has 0 fully saturated rings. The third kappa shape index (κ3) is 12.9. The Kier molecular flexibility index (Phi) is 16.6. The fourth-order valence-corrected chi connectivity index (χ4v) is 4.39. The van der Waals surface area contributed by atoms with Gasteiger partial charge in [-0.25, -0.2) is 4.79 Å². The van der Waals surface area contributed by atoms with Gasteiger partial charge in [-0.05, 0) is 71.1 Å².